The minimum atomic E-state index is -3.56. The molecular formula is C20H28N2O3S2. The molecule has 0 saturated heterocycles. The lowest BCUT2D eigenvalue weighted by molar-refractivity contribution is 0.0903. The van der Waals surface area contributed by atoms with Gasteiger partial charge in [0.25, 0.3) is 5.91 Å². The zero-order valence-electron chi connectivity index (χ0n) is 16.7. The van der Waals surface area contributed by atoms with Crippen molar-refractivity contribution < 1.29 is 13.2 Å². The van der Waals surface area contributed by atoms with Gasteiger partial charge in [0.05, 0.1) is 10.9 Å². The summed E-state index contributed by atoms with van der Waals surface area (Å²) in [6.07, 6.45) is 0. The smallest absolute Gasteiger partial charge is 0.251 e. The molecule has 1 aromatic heterocycles. The summed E-state index contributed by atoms with van der Waals surface area (Å²) >= 11 is 1.61. The van der Waals surface area contributed by atoms with Crippen molar-refractivity contribution in [3.8, 4) is 0 Å². The first kappa shape index (κ1) is 21.6. The van der Waals surface area contributed by atoms with Crippen molar-refractivity contribution in [1.29, 1.82) is 0 Å². The summed E-state index contributed by atoms with van der Waals surface area (Å²) < 4.78 is 26.4. The van der Waals surface area contributed by atoms with Gasteiger partial charge >= 0.3 is 0 Å². The predicted octanol–water partition coefficient (Wildman–Crippen LogP) is 4.29. The fourth-order valence-electron chi connectivity index (χ4n) is 2.61. The summed E-state index contributed by atoms with van der Waals surface area (Å²) in [5.41, 5.74) is 0.288. The van der Waals surface area contributed by atoms with Crippen LogP contribution in [0.15, 0.2) is 46.7 Å². The first-order valence-electron chi connectivity index (χ1n) is 8.87. The molecular weight excluding hydrogens is 380 g/mol. The highest BCUT2D eigenvalue weighted by atomic mass is 32.2. The van der Waals surface area contributed by atoms with Crippen LogP contribution in [0.2, 0.25) is 0 Å². The second-order valence-corrected chi connectivity index (χ2v) is 10.9. The number of rotatable bonds is 6. The zero-order chi connectivity index (χ0) is 20.4. The van der Waals surface area contributed by atoms with E-state index in [4.69, 9.17) is 0 Å². The largest absolute Gasteiger partial charge is 0.344 e. The molecule has 0 aliphatic carbocycles. The molecule has 0 saturated carbocycles. The second-order valence-electron chi connectivity index (χ2n) is 7.93. The Morgan fingerprint density at radius 3 is 2.15 bits per heavy atom. The number of carbonyl (C=O) groups excluding carboxylic acids is 1. The summed E-state index contributed by atoms with van der Waals surface area (Å²) in [7, 11) is -2.01. The number of benzene rings is 1. The summed E-state index contributed by atoms with van der Waals surface area (Å²) in [6.45, 7) is 9.87. The van der Waals surface area contributed by atoms with E-state index in [2.05, 4.69) is 26.1 Å². The van der Waals surface area contributed by atoms with Gasteiger partial charge in [-0.15, -0.1) is 11.3 Å². The van der Waals surface area contributed by atoms with Gasteiger partial charge in [0.1, 0.15) is 0 Å². The van der Waals surface area contributed by atoms with E-state index in [0.717, 1.165) is 4.88 Å². The highest BCUT2D eigenvalue weighted by Gasteiger charge is 2.29. The average Bonchev–Trinajstić information content (AvgIpc) is 3.11. The van der Waals surface area contributed by atoms with Crippen LogP contribution in [0.25, 0.3) is 0 Å². The van der Waals surface area contributed by atoms with Crippen LogP contribution >= 0.6 is 11.3 Å². The van der Waals surface area contributed by atoms with E-state index in [1.54, 1.807) is 30.5 Å². The molecule has 0 bridgehead atoms. The van der Waals surface area contributed by atoms with E-state index in [1.165, 1.54) is 16.4 Å². The number of nitrogens with one attached hydrogen (secondary N) is 1. The van der Waals surface area contributed by atoms with Gasteiger partial charge in [-0.1, -0.05) is 26.8 Å². The number of thiophene rings is 1. The standard InChI is InChI=1S/C20H28N2O3S2/c1-14(2)22(6)27(24,25)16-11-9-15(10-12-16)19(23)21-18(20(3,4)5)17-8-7-13-26-17/h7-14,18H,1-6H3,(H,21,23). The third-order valence-electron chi connectivity index (χ3n) is 4.49. The zero-order valence-corrected chi connectivity index (χ0v) is 18.3. The fraction of sp³-hybridized carbons (Fsp3) is 0.450. The molecule has 148 valence electrons. The van der Waals surface area contributed by atoms with Gasteiger partial charge in [0, 0.05) is 23.5 Å². The van der Waals surface area contributed by atoms with Gasteiger partial charge in [-0.2, -0.15) is 4.31 Å². The SMILES string of the molecule is CC(C)N(C)S(=O)(=O)c1ccc(C(=O)NC(c2cccs2)C(C)(C)C)cc1. The Balaban J connectivity index is 2.23. The molecule has 1 heterocycles. The lowest BCUT2D eigenvalue weighted by atomic mass is 9.85. The normalized spacial score (nSPS) is 13.8. The Morgan fingerprint density at radius 1 is 1.11 bits per heavy atom. The van der Waals surface area contributed by atoms with E-state index < -0.39 is 10.0 Å². The maximum atomic E-state index is 12.7. The van der Waals surface area contributed by atoms with E-state index in [-0.39, 0.29) is 28.3 Å². The van der Waals surface area contributed by atoms with Crippen molar-refractivity contribution in [2.75, 3.05) is 7.05 Å². The molecule has 0 radical (unpaired) electrons. The van der Waals surface area contributed by atoms with Crippen LogP contribution in [-0.4, -0.2) is 31.7 Å². The molecule has 1 N–H and O–H groups in total. The van der Waals surface area contributed by atoms with Gasteiger partial charge in [0.2, 0.25) is 10.0 Å². The van der Waals surface area contributed by atoms with Crippen molar-refractivity contribution in [2.45, 2.75) is 51.6 Å². The van der Waals surface area contributed by atoms with Crippen molar-refractivity contribution >= 4 is 27.3 Å². The molecule has 0 fully saturated rings. The highest BCUT2D eigenvalue weighted by molar-refractivity contribution is 7.89. The van der Waals surface area contributed by atoms with Crippen LogP contribution in [0.1, 0.15) is 55.9 Å². The third-order valence-corrected chi connectivity index (χ3v) is 7.47. The fourth-order valence-corrected chi connectivity index (χ4v) is 4.99. The number of nitrogens with zero attached hydrogens (tertiary/aromatic N) is 1. The number of hydrogen-bond donors (Lipinski definition) is 1. The number of sulfonamides is 1. The minimum absolute atomic E-state index is 0.125. The molecule has 1 unspecified atom stereocenters. The summed E-state index contributed by atoms with van der Waals surface area (Å²) in [5.74, 6) is -0.218. The Hall–Kier alpha value is -1.70. The first-order valence-corrected chi connectivity index (χ1v) is 11.2. The van der Waals surface area contributed by atoms with Gasteiger partial charge < -0.3 is 5.32 Å². The molecule has 5 nitrogen and oxygen atoms in total. The topological polar surface area (TPSA) is 66.5 Å². The Kier molecular flexibility index (Phi) is 6.50. The van der Waals surface area contributed by atoms with Crippen molar-refractivity contribution in [2.24, 2.45) is 5.41 Å². The molecule has 1 amide bonds. The van der Waals surface area contributed by atoms with Crippen molar-refractivity contribution in [3.05, 3.63) is 52.2 Å². The van der Waals surface area contributed by atoms with Crippen LogP contribution in [-0.2, 0) is 10.0 Å². The summed E-state index contributed by atoms with van der Waals surface area (Å²) in [5, 5.41) is 5.08. The molecule has 2 aromatic rings. The monoisotopic (exact) mass is 408 g/mol. The summed E-state index contributed by atoms with van der Waals surface area (Å²) in [4.78, 5) is 14.0. The molecule has 1 aromatic carbocycles. The molecule has 2 rings (SSSR count). The van der Waals surface area contributed by atoms with Gasteiger partial charge in [-0.3, -0.25) is 4.79 Å². The second kappa shape index (κ2) is 8.12. The van der Waals surface area contributed by atoms with Gasteiger partial charge in [-0.05, 0) is 55.0 Å². The number of amides is 1. The number of carbonyl (C=O) groups is 1. The third kappa shape index (κ3) is 4.97. The van der Waals surface area contributed by atoms with E-state index in [0.29, 0.717) is 5.56 Å². The van der Waals surface area contributed by atoms with Gasteiger partial charge in [-0.25, -0.2) is 8.42 Å². The molecule has 0 spiro atoms. The van der Waals surface area contributed by atoms with Crippen LogP contribution in [0.3, 0.4) is 0 Å². The van der Waals surface area contributed by atoms with E-state index >= 15 is 0 Å². The summed E-state index contributed by atoms with van der Waals surface area (Å²) in [6, 6.07) is 9.81. The minimum Gasteiger partial charge on any atom is -0.344 e. The van der Waals surface area contributed by atoms with Gasteiger partial charge in [0.15, 0.2) is 0 Å². The van der Waals surface area contributed by atoms with Crippen molar-refractivity contribution in [3.63, 3.8) is 0 Å². The Morgan fingerprint density at radius 2 is 1.70 bits per heavy atom. The average molecular weight is 409 g/mol. The van der Waals surface area contributed by atoms with E-state index in [1.807, 2.05) is 31.4 Å². The number of hydrogen-bond acceptors (Lipinski definition) is 4. The molecule has 0 aliphatic rings. The quantitative estimate of drug-likeness (QED) is 0.775. The van der Waals surface area contributed by atoms with Crippen LogP contribution in [0.5, 0.6) is 0 Å². The predicted molar refractivity (Wildman–Crippen MR) is 111 cm³/mol. The maximum Gasteiger partial charge on any atom is 0.251 e. The Labute approximate surface area is 166 Å². The lowest BCUT2D eigenvalue weighted by Crippen LogP contribution is -2.36. The van der Waals surface area contributed by atoms with Crippen LogP contribution < -0.4 is 5.32 Å². The highest BCUT2D eigenvalue weighted by Crippen LogP contribution is 2.35. The lowest BCUT2D eigenvalue weighted by Gasteiger charge is -2.30. The van der Waals surface area contributed by atoms with Crippen LogP contribution in [0.4, 0.5) is 0 Å². The first-order chi connectivity index (χ1) is 12.4. The van der Waals surface area contributed by atoms with Crippen LogP contribution in [0, 0.1) is 5.41 Å². The molecule has 0 aliphatic heterocycles. The molecule has 1 atom stereocenters. The molecule has 7 heteroatoms. The maximum absolute atomic E-state index is 12.7. The van der Waals surface area contributed by atoms with E-state index in [9.17, 15) is 13.2 Å². The van der Waals surface area contributed by atoms with Crippen molar-refractivity contribution in [1.82, 2.24) is 9.62 Å². The molecule has 27 heavy (non-hydrogen) atoms. The Bertz CT molecular complexity index is 865.